The zero-order valence-electron chi connectivity index (χ0n) is 11.4. The van der Waals surface area contributed by atoms with Crippen LogP contribution in [0, 0.1) is 11.7 Å². The van der Waals surface area contributed by atoms with E-state index in [4.69, 9.17) is 0 Å². The lowest BCUT2D eigenvalue weighted by molar-refractivity contribution is 0.188. The van der Waals surface area contributed by atoms with E-state index in [1.54, 1.807) is 12.1 Å². The van der Waals surface area contributed by atoms with Gasteiger partial charge in [0.15, 0.2) is 0 Å². The molecule has 0 amide bonds. The fourth-order valence-corrected chi connectivity index (χ4v) is 2.82. The first-order chi connectivity index (χ1) is 9.31. The summed E-state index contributed by atoms with van der Waals surface area (Å²) in [6.45, 7) is 4.12. The van der Waals surface area contributed by atoms with E-state index < -0.39 is 0 Å². The van der Waals surface area contributed by atoms with Crippen molar-refractivity contribution in [3.05, 3.63) is 35.6 Å². The zero-order valence-corrected chi connectivity index (χ0v) is 11.4. The summed E-state index contributed by atoms with van der Waals surface area (Å²) in [5.74, 6) is 0.882. The van der Waals surface area contributed by atoms with Gasteiger partial charge in [0.1, 0.15) is 5.82 Å². The third kappa shape index (κ3) is 3.77. The molecule has 3 rings (SSSR count). The molecule has 2 nitrogen and oxygen atoms in total. The molecule has 0 unspecified atom stereocenters. The first kappa shape index (κ1) is 13.1. The molecule has 3 heteroatoms. The second-order valence-corrected chi connectivity index (χ2v) is 5.99. The van der Waals surface area contributed by atoms with Crippen molar-refractivity contribution in [1.82, 2.24) is 10.2 Å². The van der Waals surface area contributed by atoms with Gasteiger partial charge in [-0.1, -0.05) is 18.2 Å². The maximum atomic E-state index is 13.6. The van der Waals surface area contributed by atoms with Crippen LogP contribution in [0.5, 0.6) is 0 Å². The van der Waals surface area contributed by atoms with Crippen LogP contribution in [0.15, 0.2) is 24.3 Å². The van der Waals surface area contributed by atoms with Crippen molar-refractivity contribution in [2.24, 2.45) is 5.92 Å². The van der Waals surface area contributed by atoms with Crippen LogP contribution >= 0.6 is 0 Å². The summed E-state index contributed by atoms with van der Waals surface area (Å²) < 4.78 is 13.6. The quantitative estimate of drug-likeness (QED) is 0.878. The van der Waals surface area contributed by atoms with Crippen LogP contribution in [-0.4, -0.2) is 30.6 Å². The molecule has 1 aliphatic carbocycles. The highest BCUT2D eigenvalue weighted by molar-refractivity contribution is 5.17. The first-order valence-electron chi connectivity index (χ1n) is 7.50. The van der Waals surface area contributed by atoms with Crippen LogP contribution < -0.4 is 5.32 Å². The standard InChI is InChI=1S/C16H23FN2/c17-16-4-2-1-3-14(16)12-19-9-7-15(8-10-19)18-11-13-5-6-13/h1-4,13,15,18H,5-12H2. The molecule has 2 fully saturated rings. The second kappa shape index (κ2) is 6.02. The molecule has 1 aromatic carbocycles. The van der Waals surface area contributed by atoms with Gasteiger partial charge >= 0.3 is 0 Å². The first-order valence-corrected chi connectivity index (χ1v) is 7.50. The molecular weight excluding hydrogens is 239 g/mol. The number of benzene rings is 1. The topological polar surface area (TPSA) is 15.3 Å². The van der Waals surface area contributed by atoms with Crippen LogP contribution in [0.2, 0.25) is 0 Å². The van der Waals surface area contributed by atoms with E-state index >= 15 is 0 Å². The Morgan fingerprint density at radius 1 is 1.11 bits per heavy atom. The van der Waals surface area contributed by atoms with Gasteiger partial charge in [-0.3, -0.25) is 4.90 Å². The van der Waals surface area contributed by atoms with Crippen molar-refractivity contribution in [1.29, 1.82) is 0 Å². The lowest BCUT2D eigenvalue weighted by Gasteiger charge is -2.32. The average molecular weight is 262 g/mol. The number of hydrogen-bond donors (Lipinski definition) is 1. The molecule has 2 aliphatic rings. The molecule has 1 heterocycles. The molecule has 0 bridgehead atoms. The summed E-state index contributed by atoms with van der Waals surface area (Å²) in [7, 11) is 0. The summed E-state index contributed by atoms with van der Waals surface area (Å²) in [5.41, 5.74) is 0.826. The number of hydrogen-bond acceptors (Lipinski definition) is 2. The minimum Gasteiger partial charge on any atom is -0.314 e. The van der Waals surface area contributed by atoms with E-state index in [1.807, 2.05) is 12.1 Å². The van der Waals surface area contributed by atoms with E-state index in [0.717, 1.165) is 31.1 Å². The number of likely N-dealkylation sites (tertiary alicyclic amines) is 1. The maximum Gasteiger partial charge on any atom is 0.127 e. The molecule has 1 aliphatic heterocycles. The Balaban J connectivity index is 1.43. The monoisotopic (exact) mass is 262 g/mol. The lowest BCUT2D eigenvalue weighted by atomic mass is 10.0. The lowest BCUT2D eigenvalue weighted by Crippen LogP contribution is -2.42. The fraction of sp³-hybridized carbons (Fsp3) is 0.625. The summed E-state index contributed by atoms with van der Waals surface area (Å²) in [5, 5.41) is 3.68. The molecule has 0 atom stereocenters. The normalized spacial score (nSPS) is 21.7. The van der Waals surface area contributed by atoms with Crippen LogP contribution in [0.1, 0.15) is 31.2 Å². The highest BCUT2D eigenvalue weighted by atomic mass is 19.1. The minimum atomic E-state index is -0.0727. The summed E-state index contributed by atoms with van der Waals surface area (Å²) in [4.78, 5) is 2.37. The predicted molar refractivity (Wildman–Crippen MR) is 75.4 cm³/mol. The highest BCUT2D eigenvalue weighted by Crippen LogP contribution is 2.28. The van der Waals surface area contributed by atoms with E-state index in [2.05, 4.69) is 10.2 Å². The third-order valence-corrected chi connectivity index (χ3v) is 4.33. The van der Waals surface area contributed by atoms with E-state index in [1.165, 1.54) is 32.2 Å². The molecular formula is C16H23FN2. The Bertz CT molecular complexity index is 409. The summed E-state index contributed by atoms with van der Waals surface area (Å²) >= 11 is 0. The predicted octanol–water partition coefficient (Wildman–Crippen LogP) is 2.79. The SMILES string of the molecule is Fc1ccccc1CN1CCC(NCC2CC2)CC1. The second-order valence-electron chi connectivity index (χ2n) is 5.99. The van der Waals surface area contributed by atoms with Gasteiger partial charge in [0.05, 0.1) is 0 Å². The van der Waals surface area contributed by atoms with Crippen molar-refractivity contribution in [2.45, 2.75) is 38.3 Å². The Kier molecular flexibility index (Phi) is 4.14. The van der Waals surface area contributed by atoms with E-state index in [-0.39, 0.29) is 5.82 Å². The van der Waals surface area contributed by atoms with Crippen LogP contribution in [0.4, 0.5) is 4.39 Å². The molecule has 1 N–H and O–H groups in total. The van der Waals surface area contributed by atoms with Crippen molar-refractivity contribution in [2.75, 3.05) is 19.6 Å². The highest BCUT2D eigenvalue weighted by Gasteiger charge is 2.24. The van der Waals surface area contributed by atoms with E-state index in [9.17, 15) is 4.39 Å². The van der Waals surface area contributed by atoms with E-state index in [0.29, 0.717) is 6.04 Å². The third-order valence-electron chi connectivity index (χ3n) is 4.33. The van der Waals surface area contributed by atoms with Crippen molar-refractivity contribution < 1.29 is 4.39 Å². The zero-order chi connectivity index (χ0) is 13.1. The fourth-order valence-electron chi connectivity index (χ4n) is 2.82. The van der Waals surface area contributed by atoms with Crippen molar-refractivity contribution in [3.63, 3.8) is 0 Å². The molecule has 0 radical (unpaired) electrons. The van der Waals surface area contributed by atoms with Gasteiger partial charge in [-0.05, 0) is 57.3 Å². The molecule has 19 heavy (non-hydrogen) atoms. The minimum absolute atomic E-state index is 0.0727. The number of halogens is 1. The number of piperidine rings is 1. The Labute approximate surface area is 115 Å². The summed E-state index contributed by atoms with van der Waals surface area (Å²) in [6.07, 6.45) is 5.22. The van der Waals surface area contributed by atoms with Gasteiger partial charge in [0.2, 0.25) is 0 Å². The number of nitrogens with zero attached hydrogens (tertiary/aromatic N) is 1. The molecule has 0 spiro atoms. The van der Waals surface area contributed by atoms with Gasteiger partial charge in [-0.15, -0.1) is 0 Å². The number of nitrogens with one attached hydrogen (secondary N) is 1. The molecule has 0 aromatic heterocycles. The number of rotatable bonds is 5. The van der Waals surface area contributed by atoms with Crippen LogP contribution in [0.3, 0.4) is 0 Å². The molecule has 1 saturated carbocycles. The van der Waals surface area contributed by atoms with Crippen molar-refractivity contribution >= 4 is 0 Å². The largest absolute Gasteiger partial charge is 0.314 e. The van der Waals surface area contributed by atoms with Crippen molar-refractivity contribution in [3.8, 4) is 0 Å². The van der Waals surface area contributed by atoms with Gasteiger partial charge in [-0.25, -0.2) is 4.39 Å². The summed E-state index contributed by atoms with van der Waals surface area (Å²) in [6, 6.07) is 7.80. The van der Waals surface area contributed by atoms with Crippen LogP contribution in [0.25, 0.3) is 0 Å². The maximum absolute atomic E-state index is 13.6. The van der Waals surface area contributed by atoms with Gasteiger partial charge in [0, 0.05) is 18.2 Å². The van der Waals surface area contributed by atoms with Gasteiger partial charge in [0.25, 0.3) is 0 Å². The molecule has 104 valence electrons. The Hall–Kier alpha value is -0.930. The Morgan fingerprint density at radius 2 is 1.84 bits per heavy atom. The smallest absolute Gasteiger partial charge is 0.127 e. The van der Waals surface area contributed by atoms with Gasteiger partial charge < -0.3 is 5.32 Å². The Morgan fingerprint density at radius 3 is 2.53 bits per heavy atom. The average Bonchev–Trinajstić information content (AvgIpc) is 3.25. The molecule has 1 aromatic rings. The van der Waals surface area contributed by atoms with Gasteiger partial charge in [-0.2, -0.15) is 0 Å². The molecule has 1 saturated heterocycles. The van der Waals surface area contributed by atoms with Crippen LogP contribution in [-0.2, 0) is 6.54 Å².